The Morgan fingerprint density at radius 1 is 1.44 bits per heavy atom. The van der Waals surface area contributed by atoms with Crippen LogP contribution in [0.5, 0.6) is 5.88 Å². The molecule has 1 atom stereocenters. The first kappa shape index (κ1) is 19.2. The minimum absolute atomic E-state index is 0.0149. The topological polar surface area (TPSA) is 76.6 Å². The van der Waals surface area contributed by atoms with E-state index in [9.17, 15) is 26.4 Å². The van der Waals surface area contributed by atoms with Crippen LogP contribution < -0.4 is 4.74 Å². The molecule has 138 valence electrons. The molecular formula is C15H17F3N2O4S. The molecule has 2 heterocycles. The maximum absolute atomic E-state index is 12.6. The molecule has 1 aliphatic rings. The smallest absolute Gasteiger partial charge is 0.422 e. The highest BCUT2D eigenvalue weighted by atomic mass is 32.2. The predicted molar refractivity (Wildman–Crippen MR) is 84.1 cm³/mol. The lowest BCUT2D eigenvalue weighted by Crippen LogP contribution is -2.41. The molecule has 1 fully saturated rings. The van der Waals surface area contributed by atoms with Crippen molar-refractivity contribution < 1.29 is 31.1 Å². The van der Waals surface area contributed by atoms with Crippen molar-refractivity contribution in [2.75, 3.05) is 24.7 Å². The lowest BCUT2D eigenvalue weighted by Gasteiger charge is -2.27. The molecule has 0 radical (unpaired) electrons. The number of ether oxygens (including phenoxy) is 1. The third-order valence-electron chi connectivity index (χ3n) is 3.60. The first-order chi connectivity index (χ1) is 11.6. The van der Waals surface area contributed by atoms with E-state index in [1.54, 1.807) is 0 Å². The molecule has 1 aromatic rings. The van der Waals surface area contributed by atoms with Crippen LogP contribution in [0.2, 0.25) is 0 Å². The zero-order chi connectivity index (χ0) is 18.7. The Kier molecular flexibility index (Phi) is 5.71. The number of carbonyl (C=O) groups is 1. The zero-order valence-corrected chi connectivity index (χ0v) is 14.0. The van der Waals surface area contributed by atoms with Crippen molar-refractivity contribution in [2.24, 2.45) is 0 Å². The molecule has 25 heavy (non-hydrogen) atoms. The summed E-state index contributed by atoms with van der Waals surface area (Å²) in [6.07, 6.45) is -1.56. The molecule has 0 aromatic carbocycles. The normalized spacial score (nSPS) is 19.4. The van der Waals surface area contributed by atoms with Gasteiger partial charge in [-0.05, 0) is 12.5 Å². The Morgan fingerprint density at radius 3 is 2.64 bits per heavy atom. The highest BCUT2D eigenvalue weighted by Crippen LogP contribution is 2.21. The van der Waals surface area contributed by atoms with E-state index >= 15 is 0 Å². The summed E-state index contributed by atoms with van der Waals surface area (Å²) in [5.41, 5.74) is 0.130. The van der Waals surface area contributed by atoms with Gasteiger partial charge in [-0.25, -0.2) is 13.4 Å². The molecule has 0 spiro atoms. The number of hydrogen-bond donors (Lipinski definition) is 0. The number of amides is 1. The molecule has 0 bridgehead atoms. The number of hydrogen-bond acceptors (Lipinski definition) is 5. The molecule has 2 rings (SSSR count). The number of rotatable bonds is 6. The Labute approximate surface area is 143 Å². The summed E-state index contributed by atoms with van der Waals surface area (Å²) in [7, 11) is -3.17. The molecule has 0 aliphatic carbocycles. The summed E-state index contributed by atoms with van der Waals surface area (Å²) in [6, 6.07) is 1.99. The summed E-state index contributed by atoms with van der Waals surface area (Å²) in [4.78, 5) is 17.7. The van der Waals surface area contributed by atoms with Gasteiger partial charge in [-0.3, -0.25) is 4.79 Å². The minimum Gasteiger partial charge on any atom is -0.468 e. The van der Waals surface area contributed by atoms with Crippen molar-refractivity contribution >= 4 is 15.7 Å². The highest BCUT2D eigenvalue weighted by molar-refractivity contribution is 7.91. The van der Waals surface area contributed by atoms with Crippen LogP contribution in [-0.4, -0.2) is 61.1 Å². The van der Waals surface area contributed by atoms with Gasteiger partial charge in [-0.1, -0.05) is 6.08 Å². The molecule has 6 nitrogen and oxygen atoms in total. The first-order valence-corrected chi connectivity index (χ1v) is 9.21. The molecule has 0 N–H and O–H groups in total. The molecule has 1 saturated heterocycles. The van der Waals surface area contributed by atoms with Gasteiger partial charge >= 0.3 is 6.18 Å². The third-order valence-corrected chi connectivity index (χ3v) is 5.35. The number of sulfone groups is 1. The van der Waals surface area contributed by atoms with Crippen molar-refractivity contribution in [1.82, 2.24) is 9.88 Å². The van der Waals surface area contributed by atoms with E-state index in [1.165, 1.54) is 17.0 Å². The van der Waals surface area contributed by atoms with Crippen LogP contribution in [-0.2, 0) is 9.84 Å². The van der Waals surface area contributed by atoms with Gasteiger partial charge in [0.25, 0.3) is 5.91 Å². The molecule has 1 amide bonds. The fourth-order valence-corrected chi connectivity index (χ4v) is 4.20. The van der Waals surface area contributed by atoms with Crippen LogP contribution in [0.1, 0.15) is 16.8 Å². The third kappa shape index (κ3) is 5.45. The Bertz CT molecular complexity index is 732. The van der Waals surface area contributed by atoms with Gasteiger partial charge in [0, 0.05) is 24.8 Å². The number of alkyl halides is 3. The summed E-state index contributed by atoms with van der Waals surface area (Å²) >= 11 is 0. The second-order valence-electron chi connectivity index (χ2n) is 5.59. The van der Waals surface area contributed by atoms with E-state index in [-0.39, 0.29) is 29.5 Å². The number of carbonyl (C=O) groups excluding carboxylic acids is 1. The van der Waals surface area contributed by atoms with E-state index in [2.05, 4.69) is 16.3 Å². The van der Waals surface area contributed by atoms with E-state index in [1.807, 2.05) is 0 Å². The summed E-state index contributed by atoms with van der Waals surface area (Å²) in [5.74, 6) is -0.821. The van der Waals surface area contributed by atoms with E-state index in [4.69, 9.17) is 0 Å². The van der Waals surface area contributed by atoms with Gasteiger partial charge in [0.2, 0.25) is 5.88 Å². The van der Waals surface area contributed by atoms with Gasteiger partial charge in [-0.2, -0.15) is 13.2 Å². The SMILES string of the molecule is C=CCN(C(=O)c1ccc(OCC(F)(F)F)nc1)C1CCS(=O)(=O)C1. The summed E-state index contributed by atoms with van der Waals surface area (Å²) in [5, 5.41) is 0. The monoisotopic (exact) mass is 378 g/mol. The van der Waals surface area contributed by atoms with Crippen LogP contribution >= 0.6 is 0 Å². The molecule has 1 aliphatic heterocycles. The van der Waals surface area contributed by atoms with E-state index in [0.717, 1.165) is 12.3 Å². The number of nitrogens with zero attached hydrogens (tertiary/aromatic N) is 2. The van der Waals surface area contributed by atoms with Crippen LogP contribution in [0.4, 0.5) is 13.2 Å². The minimum atomic E-state index is -4.48. The quantitative estimate of drug-likeness (QED) is 0.706. The number of aromatic nitrogens is 1. The van der Waals surface area contributed by atoms with Crippen LogP contribution in [0.25, 0.3) is 0 Å². The first-order valence-electron chi connectivity index (χ1n) is 7.39. The average molecular weight is 378 g/mol. The second kappa shape index (κ2) is 7.42. The predicted octanol–water partition coefficient (Wildman–Crippen LogP) is 1.84. The van der Waals surface area contributed by atoms with E-state index < -0.39 is 34.6 Å². The fraction of sp³-hybridized carbons (Fsp3) is 0.467. The number of halogens is 3. The molecule has 1 unspecified atom stereocenters. The van der Waals surface area contributed by atoms with Crippen molar-refractivity contribution in [2.45, 2.75) is 18.6 Å². The molecule has 1 aromatic heterocycles. The van der Waals surface area contributed by atoms with Crippen LogP contribution in [0.3, 0.4) is 0 Å². The molecule has 10 heteroatoms. The highest BCUT2D eigenvalue weighted by Gasteiger charge is 2.34. The van der Waals surface area contributed by atoms with Gasteiger partial charge in [0.1, 0.15) is 0 Å². The Morgan fingerprint density at radius 2 is 2.16 bits per heavy atom. The molecular weight excluding hydrogens is 361 g/mol. The lowest BCUT2D eigenvalue weighted by atomic mass is 10.1. The maximum atomic E-state index is 12.6. The summed E-state index contributed by atoms with van der Waals surface area (Å²) in [6.45, 7) is 2.24. The van der Waals surface area contributed by atoms with Crippen LogP contribution in [0.15, 0.2) is 31.0 Å². The number of pyridine rings is 1. The average Bonchev–Trinajstić information content (AvgIpc) is 2.89. The van der Waals surface area contributed by atoms with Crippen LogP contribution in [0, 0.1) is 0 Å². The Balaban J connectivity index is 2.10. The fourth-order valence-electron chi connectivity index (χ4n) is 2.47. The van der Waals surface area contributed by atoms with Crippen molar-refractivity contribution in [3.63, 3.8) is 0 Å². The van der Waals surface area contributed by atoms with Gasteiger partial charge in [-0.15, -0.1) is 6.58 Å². The van der Waals surface area contributed by atoms with Gasteiger partial charge in [0.05, 0.1) is 17.1 Å². The summed E-state index contributed by atoms with van der Waals surface area (Å²) < 4.78 is 64.0. The van der Waals surface area contributed by atoms with Crippen molar-refractivity contribution in [3.8, 4) is 5.88 Å². The van der Waals surface area contributed by atoms with Gasteiger partial charge in [0.15, 0.2) is 16.4 Å². The molecule has 0 saturated carbocycles. The largest absolute Gasteiger partial charge is 0.468 e. The Hall–Kier alpha value is -2.10. The van der Waals surface area contributed by atoms with Crippen molar-refractivity contribution in [3.05, 3.63) is 36.5 Å². The zero-order valence-electron chi connectivity index (χ0n) is 13.2. The van der Waals surface area contributed by atoms with Gasteiger partial charge < -0.3 is 9.64 Å². The standard InChI is InChI=1S/C15H17F3N2O4S/c1-2-6-20(12-5-7-25(22,23)9-12)14(21)11-3-4-13(19-8-11)24-10-15(16,17)18/h2-4,8,12H,1,5-7,9-10H2. The lowest BCUT2D eigenvalue weighted by molar-refractivity contribution is -0.154. The maximum Gasteiger partial charge on any atom is 0.422 e. The second-order valence-corrected chi connectivity index (χ2v) is 7.82. The van der Waals surface area contributed by atoms with E-state index in [0.29, 0.717) is 6.42 Å². The van der Waals surface area contributed by atoms with Crippen molar-refractivity contribution in [1.29, 1.82) is 0 Å².